The molecule has 13 heavy (non-hydrogen) atoms. The number of hydrazone groups is 1. The van der Waals surface area contributed by atoms with Crippen molar-refractivity contribution in [2.75, 3.05) is 0 Å². The van der Waals surface area contributed by atoms with Crippen LogP contribution in [0.2, 0.25) is 0 Å². The average Bonchev–Trinajstić information content (AvgIpc) is 2.17. The van der Waals surface area contributed by atoms with E-state index >= 15 is 0 Å². The monoisotopic (exact) mass is 176 g/mol. The van der Waals surface area contributed by atoms with Crippen molar-refractivity contribution in [3.05, 3.63) is 36.2 Å². The van der Waals surface area contributed by atoms with E-state index < -0.39 is 0 Å². The lowest BCUT2D eigenvalue weighted by Crippen LogP contribution is -2.09. The van der Waals surface area contributed by atoms with Crippen molar-refractivity contribution in [3.63, 3.8) is 0 Å². The molecule has 0 atom stereocenters. The van der Waals surface area contributed by atoms with Gasteiger partial charge in [0.15, 0.2) is 0 Å². The summed E-state index contributed by atoms with van der Waals surface area (Å²) in [6, 6.07) is 0. The number of unbranched alkanes of at least 4 members (excludes halogenated alkanes) is 1. The average molecular weight is 176 g/mol. The van der Waals surface area contributed by atoms with Crippen LogP contribution < -0.4 is 0 Å². The van der Waals surface area contributed by atoms with E-state index in [2.05, 4.69) is 24.2 Å². The van der Waals surface area contributed by atoms with E-state index in [1.165, 1.54) is 6.42 Å². The van der Waals surface area contributed by atoms with E-state index in [1.807, 2.05) is 30.3 Å². The zero-order valence-corrected chi connectivity index (χ0v) is 8.27. The highest BCUT2D eigenvalue weighted by Crippen LogP contribution is 2.13. The molecule has 2 nitrogen and oxygen atoms in total. The highest BCUT2D eigenvalue weighted by molar-refractivity contribution is 5.53. The minimum Gasteiger partial charge on any atom is -0.242 e. The molecule has 1 heterocycles. The third-order valence-electron chi connectivity index (χ3n) is 1.75. The Hall–Kier alpha value is -1.31. The van der Waals surface area contributed by atoms with Crippen LogP contribution in [0, 0.1) is 0 Å². The minimum atomic E-state index is 1.10. The summed E-state index contributed by atoms with van der Waals surface area (Å²) in [6.07, 6.45) is 14.3. The van der Waals surface area contributed by atoms with E-state index in [-0.39, 0.29) is 0 Å². The van der Waals surface area contributed by atoms with Crippen molar-refractivity contribution in [1.82, 2.24) is 5.01 Å². The van der Waals surface area contributed by atoms with Crippen molar-refractivity contribution in [1.29, 1.82) is 0 Å². The highest BCUT2D eigenvalue weighted by atomic mass is 15.4. The first kappa shape index (κ1) is 9.78. The van der Waals surface area contributed by atoms with Gasteiger partial charge in [0.25, 0.3) is 0 Å². The molecule has 0 radical (unpaired) electrons. The van der Waals surface area contributed by atoms with Crippen LogP contribution in [0.1, 0.15) is 26.7 Å². The largest absolute Gasteiger partial charge is 0.242 e. The van der Waals surface area contributed by atoms with Crippen molar-refractivity contribution in [2.45, 2.75) is 26.7 Å². The number of nitrogens with zero attached hydrogens (tertiary/aromatic N) is 2. The van der Waals surface area contributed by atoms with Crippen LogP contribution in [0.25, 0.3) is 0 Å². The molecule has 0 saturated heterocycles. The van der Waals surface area contributed by atoms with Gasteiger partial charge in [-0.3, -0.25) is 0 Å². The molecule has 0 N–H and O–H groups in total. The lowest BCUT2D eigenvalue weighted by molar-refractivity contribution is 0.509. The lowest BCUT2D eigenvalue weighted by atomic mass is 10.2. The number of allylic oxidation sites excluding steroid dienone is 4. The van der Waals surface area contributed by atoms with E-state index in [0.717, 1.165) is 12.1 Å². The maximum atomic E-state index is 4.22. The molecule has 0 aliphatic carbocycles. The number of hydrogen-bond acceptors (Lipinski definition) is 2. The molecule has 0 unspecified atom stereocenters. The lowest BCUT2D eigenvalue weighted by Gasteiger charge is -2.17. The number of hydrogen-bond donors (Lipinski definition) is 0. The van der Waals surface area contributed by atoms with Crippen LogP contribution in [0.3, 0.4) is 0 Å². The maximum Gasteiger partial charge on any atom is 0.0605 e. The van der Waals surface area contributed by atoms with Gasteiger partial charge in [-0.05, 0) is 25.5 Å². The Morgan fingerprint density at radius 3 is 3.00 bits per heavy atom. The molecule has 0 aromatic heterocycles. The molecule has 0 fully saturated rings. The van der Waals surface area contributed by atoms with Gasteiger partial charge in [-0.15, -0.1) is 0 Å². The highest BCUT2D eigenvalue weighted by Gasteiger charge is 2.02. The van der Waals surface area contributed by atoms with Crippen LogP contribution in [0.5, 0.6) is 0 Å². The topological polar surface area (TPSA) is 15.6 Å². The molecule has 1 aliphatic rings. The van der Waals surface area contributed by atoms with Crippen LogP contribution in [-0.4, -0.2) is 11.2 Å². The molecule has 1 aliphatic heterocycles. The summed E-state index contributed by atoms with van der Waals surface area (Å²) in [4.78, 5) is 0. The molecule has 1 rings (SSSR count). The second-order valence-corrected chi connectivity index (χ2v) is 2.84. The first-order valence-corrected chi connectivity index (χ1v) is 4.71. The third-order valence-corrected chi connectivity index (χ3v) is 1.75. The number of rotatable bonds is 3. The Labute approximate surface area is 79.9 Å². The smallest absolute Gasteiger partial charge is 0.0605 e. The zero-order chi connectivity index (χ0) is 9.52. The van der Waals surface area contributed by atoms with Gasteiger partial charge in [0.05, 0.1) is 5.70 Å². The standard InChI is InChI=1S/C11H16N2/c1-3-5-8-11-9-6-7-10-13(11)12-4-2/h4,6-10H,3,5H2,1-2H3/b11-8+,12-4-. The van der Waals surface area contributed by atoms with Gasteiger partial charge < -0.3 is 0 Å². The normalized spacial score (nSPS) is 19.2. The van der Waals surface area contributed by atoms with Gasteiger partial charge in [-0.2, -0.15) is 5.10 Å². The molecule has 0 bridgehead atoms. The molecular formula is C11H16N2. The summed E-state index contributed by atoms with van der Waals surface area (Å²) in [7, 11) is 0. The Kier molecular flexibility index (Phi) is 4.03. The third kappa shape index (κ3) is 2.90. The fourth-order valence-corrected chi connectivity index (χ4v) is 1.13. The summed E-state index contributed by atoms with van der Waals surface area (Å²) in [6.45, 7) is 4.09. The molecule has 0 aromatic rings. The summed E-state index contributed by atoms with van der Waals surface area (Å²) in [5.41, 5.74) is 1.16. The summed E-state index contributed by atoms with van der Waals surface area (Å²) in [5.74, 6) is 0. The minimum absolute atomic E-state index is 1.10. The van der Waals surface area contributed by atoms with Gasteiger partial charge in [0, 0.05) is 12.4 Å². The Morgan fingerprint density at radius 1 is 1.46 bits per heavy atom. The van der Waals surface area contributed by atoms with Gasteiger partial charge >= 0.3 is 0 Å². The van der Waals surface area contributed by atoms with Crippen molar-refractivity contribution < 1.29 is 0 Å². The second kappa shape index (κ2) is 5.36. The van der Waals surface area contributed by atoms with E-state index in [4.69, 9.17) is 0 Å². The second-order valence-electron chi connectivity index (χ2n) is 2.84. The summed E-state index contributed by atoms with van der Waals surface area (Å²) in [5, 5.41) is 6.10. The first-order valence-electron chi connectivity index (χ1n) is 4.71. The summed E-state index contributed by atoms with van der Waals surface area (Å²) >= 11 is 0. The molecule has 0 spiro atoms. The fraction of sp³-hybridized carbons (Fsp3) is 0.364. The summed E-state index contributed by atoms with van der Waals surface area (Å²) < 4.78 is 0. The Balaban J connectivity index is 2.70. The quantitative estimate of drug-likeness (QED) is 0.603. The van der Waals surface area contributed by atoms with Crippen molar-refractivity contribution in [3.8, 4) is 0 Å². The van der Waals surface area contributed by atoms with Gasteiger partial charge in [0.1, 0.15) is 0 Å². The van der Waals surface area contributed by atoms with Gasteiger partial charge in [-0.1, -0.05) is 25.5 Å². The molecule has 70 valence electrons. The van der Waals surface area contributed by atoms with Crippen LogP contribution in [-0.2, 0) is 0 Å². The van der Waals surface area contributed by atoms with Gasteiger partial charge in [-0.25, -0.2) is 5.01 Å². The fourth-order valence-electron chi connectivity index (χ4n) is 1.13. The molecule has 2 heteroatoms. The van der Waals surface area contributed by atoms with E-state index in [9.17, 15) is 0 Å². The predicted molar refractivity (Wildman–Crippen MR) is 57.3 cm³/mol. The van der Waals surface area contributed by atoms with Crippen molar-refractivity contribution in [2.24, 2.45) is 5.10 Å². The Bertz CT molecular complexity index is 259. The van der Waals surface area contributed by atoms with Crippen LogP contribution in [0.4, 0.5) is 0 Å². The zero-order valence-electron chi connectivity index (χ0n) is 8.27. The van der Waals surface area contributed by atoms with Crippen LogP contribution >= 0.6 is 0 Å². The first-order chi connectivity index (χ1) is 6.38. The predicted octanol–water partition coefficient (Wildman–Crippen LogP) is 3.06. The molecule has 0 aromatic carbocycles. The van der Waals surface area contributed by atoms with E-state index in [0.29, 0.717) is 0 Å². The Morgan fingerprint density at radius 2 is 2.31 bits per heavy atom. The van der Waals surface area contributed by atoms with E-state index in [1.54, 1.807) is 6.21 Å². The molecule has 0 amide bonds. The SMILES string of the molecule is C/C=N\N1C=CC=C/C1=C\CCC. The van der Waals surface area contributed by atoms with Gasteiger partial charge in [0.2, 0.25) is 0 Å². The van der Waals surface area contributed by atoms with Crippen LogP contribution in [0.15, 0.2) is 41.3 Å². The molecule has 0 saturated carbocycles. The van der Waals surface area contributed by atoms with Crippen molar-refractivity contribution >= 4 is 6.21 Å². The maximum absolute atomic E-state index is 4.22. The molecular weight excluding hydrogens is 160 g/mol.